The summed E-state index contributed by atoms with van der Waals surface area (Å²) in [7, 11) is 5.67. The highest BCUT2D eigenvalue weighted by molar-refractivity contribution is 5.39. The monoisotopic (exact) mass is 288 g/mol. The van der Waals surface area contributed by atoms with Crippen molar-refractivity contribution in [2.24, 2.45) is 12.8 Å². The lowest BCUT2D eigenvalue weighted by Gasteiger charge is -2.22. The molecule has 0 aliphatic rings. The molecule has 0 radical (unpaired) electrons. The molecule has 1 aromatic carbocycles. The molecule has 2 N–H and O–H groups in total. The van der Waals surface area contributed by atoms with Crippen LogP contribution in [0.3, 0.4) is 0 Å². The van der Waals surface area contributed by atoms with Gasteiger partial charge >= 0.3 is 0 Å². The molecule has 5 heteroatoms. The summed E-state index contributed by atoms with van der Waals surface area (Å²) in [5.41, 5.74) is 9.78. The van der Waals surface area contributed by atoms with Crippen molar-refractivity contribution in [2.45, 2.75) is 19.5 Å². The standard InChI is InChI=1S/C16H24N4O/c1-12-5-6-16(21-4)14(7-12)15(17)11-19(2)9-13-8-18-20(3)10-13/h5-8,10,15H,9,11,17H2,1-4H3. The van der Waals surface area contributed by atoms with Gasteiger partial charge in [-0.3, -0.25) is 4.68 Å². The number of nitrogens with two attached hydrogens (primary N) is 1. The zero-order valence-electron chi connectivity index (χ0n) is 13.2. The Morgan fingerprint density at radius 1 is 1.43 bits per heavy atom. The largest absolute Gasteiger partial charge is 0.496 e. The van der Waals surface area contributed by atoms with Crippen molar-refractivity contribution in [3.8, 4) is 5.75 Å². The van der Waals surface area contributed by atoms with Crippen molar-refractivity contribution in [3.63, 3.8) is 0 Å². The first kappa shape index (κ1) is 15.5. The van der Waals surface area contributed by atoms with Gasteiger partial charge in [0.15, 0.2) is 0 Å². The first-order valence-electron chi connectivity index (χ1n) is 7.05. The van der Waals surface area contributed by atoms with Crippen LogP contribution in [0.1, 0.15) is 22.7 Å². The van der Waals surface area contributed by atoms with Crippen LogP contribution in [0.15, 0.2) is 30.6 Å². The summed E-state index contributed by atoms with van der Waals surface area (Å²) in [6.45, 7) is 3.65. The second kappa shape index (κ2) is 6.74. The minimum Gasteiger partial charge on any atom is -0.496 e. The number of benzene rings is 1. The van der Waals surface area contributed by atoms with Crippen molar-refractivity contribution >= 4 is 0 Å². The Labute approximate surface area is 126 Å². The Hall–Kier alpha value is -1.85. The molecule has 2 aromatic rings. The van der Waals surface area contributed by atoms with E-state index in [4.69, 9.17) is 10.5 Å². The maximum Gasteiger partial charge on any atom is 0.123 e. The Balaban J connectivity index is 2.03. The topological polar surface area (TPSA) is 56.3 Å². The number of likely N-dealkylation sites (N-methyl/N-ethyl adjacent to an activating group) is 1. The number of methoxy groups -OCH3 is 1. The third-order valence-corrected chi connectivity index (χ3v) is 3.50. The maximum atomic E-state index is 6.36. The molecule has 0 aliphatic heterocycles. The SMILES string of the molecule is COc1ccc(C)cc1C(N)CN(C)Cc1cnn(C)c1. The summed E-state index contributed by atoms with van der Waals surface area (Å²) in [6, 6.07) is 6.03. The van der Waals surface area contributed by atoms with Gasteiger partial charge in [-0.2, -0.15) is 5.10 Å². The van der Waals surface area contributed by atoms with Gasteiger partial charge in [-0.05, 0) is 20.0 Å². The highest BCUT2D eigenvalue weighted by Crippen LogP contribution is 2.25. The number of rotatable bonds is 6. The number of ether oxygens (including phenoxy) is 1. The number of aromatic nitrogens is 2. The van der Waals surface area contributed by atoms with Gasteiger partial charge < -0.3 is 15.4 Å². The van der Waals surface area contributed by atoms with Gasteiger partial charge in [0.05, 0.1) is 13.3 Å². The highest BCUT2D eigenvalue weighted by Gasteiger charge is 2.15. The summed E-state index contributed by atoms with van der Waals surface area (Å²) in [5.74, 6) is 0.850. The predicted octanol–water partition coefficient (Wildman–Crippen LogP) is 1.87. The summed E-state index contributed by atoms with van der Waals surface area (Å²) in [5, 5.41) is 4.18. The summed E-state index contributed by atoms with van der Waals surface area (Å²) in [6.07, 6.45) is 3.91. The third kappa shape index (κ3) is 4.06. The lowest BCUT2D eigenvalue weighted by molar-refractivity contribution is 0.301. The van der Waals surface area contributed by atoms with Gasteiger partial charge in [-0.25, -0.2) is 0 Å². The predicted molar refractivity (Wildman–Crippen MR) is 84.2 cm³/mol. The lowest BCUT2D eigenvalue weighted by atomic mass is 10.0. The molecular formula is C16H24N4O. The molecule has 1 atom stereocenters. The van der Waals surface area contributed by atoms with Gasteiger partial charge in [0.2, 0.25) is 0 Å². The molecule has 0 saturated heterocycles. The maximum absolute atomic E-state index is 6.36. The van der Waals surface area contributed by atoms with Gasteiger partial charge in [0, 0.05) is 43.5 Å². The molecule has 0 spiro atoms. The molecule has 0 fully saturated rings. The van der Waals surface area contributed by atoms with Crippen molar-refractivity contribution < 1.29 is 4.74 Å². The molecule has 1 unspecified atom stereocenters. The van der Waals surface area contributed by atoms with Gasteiger partial charge in [-0.15, -0.1) is 0 Å². The van der Waals surface area contributed by atoms with Crippen LogP contribution in [-0.2, 0) is 13.6 Å². The average Bonchev–Trinajstić information content (AvgIpc) is 2.83. The second-order valence-corrected chi connectivity index (χ2v) is 5.57. The van der Waals surface area contributed by atoms with Crippen molar-refractivity contribution in [1.82, 2.24) is 14.7 Å². The van der Waals surface area contributed by atoms with E-state index in [2.05, 4.69) is 30.0 Å². The fourth-order valence-electron chi connectivity index (χ4n) is 2.51. The summed E-state index contributed by atoms with van der Waals surface area (Å²) in [4.78, 5) is 2.20. The molecule has 5 nitrogen and oxygen atoms in total. The van der Waals surface area contributed by atoms with Crippen molar-refractivity contribution in [1.29, 1.82) is 0 Å². The number of nitrogens with zero attached hydrogens (tertiary/aromatic N) is 3. The summed E-state index contributed by atoms with van der Waals surface area (Å²) < 4.78 is 7.22. The molecular weight excluding hydrogens is 264 g/mol. The van der Waals surface area contributed by atoms with Crippen LogP contribution >= 0.6 is 0 Å². The van der Waals surface area contributed by atoms with Crippen LogP contribution in [-0.4, -0.2) is 35.4 Å². The van der Waals surface area contributed by atoms with Gasteiger partial charge in [-0.1, -0.05) is 17.7 Å². The Bertz CT molecular complexity index is 594. The van der Waals surface area contributed by atoms with Crippen molar-refractivity contribution in [3.05, 3.63) is 47.3 Å². The Morgan fingerprint density at radius 2 is 2.19 bits per heavy atom. The van der Waals surface area contributed by atoms with Crippen LogP contribution in [0, 0.1) is 6.92 Å². The third-order valence-electron chi connectivity index (χ3n) is 3.50. The van der Waals surface area contributed by atoms with E-state index in [9.17, 15) is 0 Å². The minimum atomic E-state index is -0.0819. The number of hydrogen-bond acceptors (Lipinski definition) is 4. The van der Waals surface area contributed by atoms with Gasteiger partial charge in [0.25, 0.3) is 0 Å². The highest BCUT2D eigenvalue weighted by atomic mass is 16.5. The minimum absolute atomic E-state index is 0.0819. The van der Waals surface area contributed by atoms with Crippen LogP contribution < -0.4 is 10.5 Å². The first-order chi connectivity index (χ1) is 9.99. The van der Waals surface area contributed by atoms with Crippen LogP contribution in [0.25, 0.3) is 0 Å². The van der Waals surface area contributed by atoms with Crippen LogP contribution in [0.2, 0.25) is 0 Å². The lowest BCUT2D eigenvalue weighted by Crippen LogP contribution is -2.29. The molecule has 114 valence electrons. The molecule has 1 heterocycles. The zero-order valence-corrected chi connectivity index (χ0v) is 13.2. The van der Waals surface area contributed by atoms with E-state index in [0.717, 1.165) is 24.4 Å². The molecule has 0 amide bonds. The van der Waals surface area contributed by atoms with E-state index < -0.39 is 0 Å². The fraction of sp³-hybridized carbons (Fsp3) is 0.438. The van der Waals surface area contributed by atoms with Gasteiger partial charge in [0.1, 0.15) is 5.75 Å². The number of hydrogen-bond donors (Lipinski definition) is 1. The first-order valence-corrected chi connectivity index (χ1v) is 7.05. The van der Waals surface area contributed by atoms with Crippen LogP contribution in [0.5, 0.6) is 5.75 Å². The quantitative estimate of drug-likeness (QED) is 0.881. The number of aryl methyl sites for hydroxylation is 2. The van der Waals surface area contributed by atoms with E-state index >= 15 is 0 Å². The van der Waals surface area contributed by atoms with E-state index in [1.807, 2.05) is 36.3 Å². The second-order valence-electron chi connectivity index (χ2n) is 5.57. The molecule has 0 aliphatic carbocycles. The normalized spacial score (nSPS) is 12.7. The van der Waals surface area contributed by atoms with E-state index in [1.165, 1.54) is 11.1 Å². The smallest absolute Gasteiger partial charge is 0.123 e. The van der Waals surface area contributed by atoms with E-state index in [-0.39, 0.29) is 6.04 Å². The van der Waals surface area contributed by atoms with E-state index in [0.29, 0.717) is 0 Å². The van der Waals surface area contributed by atoms with E-state index in [1.54, 1.807) is 7.11 Å². The Kier molecular flexibility index (Phi) is 4.98. The Morgan fingerprint density at radius 3 is 2.81 bits per heavy atom. The molecule has 2 rings (SSSR count). The summed E-state index contributed by atoms with van der Waals surface area (Å²) >= 11 is 0. The van der Waals surface area contributed by atoms with Crippen LogP contribution in [0.4, 0.5) is 0 Å². The average molecular weight is 288 g/mol. The van der Waals surface area contributed by atoms with Crippen molar-refractivity contribution in [2.75, 3.05) is 20.7 Å². The zero-order chi connectivity index (χ0) is 15.4. The molecule has 0 saturated carbocycles. The molecule has 0 bridgehead atoms. The molecule has 1 aromatic heterocycles. The molecule has 21 heavy (non-hydrogen) atoms. The fourth-order valence-corrected chi connectivity index (χ4v) is 2.51.